The van der Waals surface area contributed by atoms with Crippen LogP contribution in [0, 0.1) is 12.8 Å². The molecule has 4 aromatic rings. The van der Waals surface area contributed by atoms with Crippen LogP contribution in [0.3, 0.4) is 0 Å². The summed E-state index contributed by atoms with van der Waals surface area (Å²) >= 11 is 12.4. The van der Waals surface area contributed by atoms with Crippen molar-refractivity contribution in [3.8, 4) is 11.4 Å². The molecular formula is C33H32Cl2N2O5. The largest absolute Gasteiger partial charge is 0.487 e. The molecule has 1 unspecified atom stereocenters. The van der Waals surface area contributed by atoms with Crippen LogP contribution in [-0.4, -0.2) is 31.9 Å². The molecule has 0 fully saturated rings. The van der Waals surface area contributed by atoms with Crippen LogP contribution in [-0.2, 0) is 17.8 Å². The Morgan fingerprint density at radius 2 is 1.69 bits per heavy atom. The van der Waals surface area contributed by atoms with Gasteiger partial charge in [-0.15, -0.1) is 0 Å². The highest BCUT2D eigenvalue weighted by Gasteiger charge is 2.12. The second-order valence-corrected chi connectivity index (χ2v) is 11.0. The van der Waals surface area contributed by atoms with E-state index in [0.717, 1.165) is 41.0 Å². The van der Waals surface area contributed by atoms with Crippen LogP contribution in [0.5, 0.6) is 5.75 Å². The van der Waals surface area contributed by atoms with Gasteiger partial charge in [0.25, 0.3) is 0 Å². The number of ether oxygens (including phenoxy) is 1. The van der Waals surface area contributed by atoms with Crippen molar-refractivity contribution in [1.29, 1.82) is 0 Å². The lowest BCUT2D eigenvalue weighted by atomic mass is 9.92. The number of benzene rings is 3. The molecule has 0 saturated heterocycles. The van der Waals surface area contributed by atoms with E-state index in [1.807, 2.05) is 55.5 Å². The van der Waals surface area contributed by atoms with E-state index < -0.39 is 11.9 Å². The van der Waals surface area contributed by atoms with Crippen LogP contribution in [0.25, 0.3) is 11.8 Å². The molecule has 0 aliphatic carbocycles. The minimum atomic E-state index is -0.959. The van der Waals surface area contributed by atoms with E-state index in [2.05, 4.69) is 11.2 Å². The van der Waals surface area contributed by atoms with Gasteiger partial charge in [-0.1, -0.05) is 72.1 Å². The van der Waals surface area contributed by atoms with E-state index in [-0.39, 0.29) is 24.5 Å². The van der Waals surface area contributed by atoms with Gasteiger partial charge < -0.3 is 14.9 Å². The Hall–Kier alpha value is -4.07. The molecule has 0 aliphatic rings. The number of hydrogen-bond acceptors (Lipinski definition) is 4. The molecule has 0 saturated carbocycles. The van der Waals surface area contributed by atoms with Crippen molar-refractivity contribution in [3.05, 3.63) is 117 Å². The minimum Gasteiger partial charge on any atom is -0.487 e. The number of nitrogens with zero attached hydrogens (tertiary/aromatic N) is 2. The molecular weight excluding hydrogens is 575 g/mol. The number of unbranched alkanes of at least 4 members (excludes halogenated alkanes) is 1. The lowest BCUT2D eigenvalue weighted by Gasteiger charge is -2.14. The van der Waals surface area contributed by atoms with Crippen LogP contribution in [0.2, 0.25) is 10.0 Å². The lowest BCUT2D eigenvalue weighted by molar-refractivity contribution is -0.137. The maximum Gasteiger partial charge on any atom is 0.335 e. The van der Waals surface area contributed by atoms with Gasteiger partial charge in [-0.05, 0) is 80.1 Å². The number of halogens is 2. The van der Waals surface area contributed by atoms with E-state index >= 15 is 0 Å². The van der Waals surface area contributed by atoms with E-state index in [1.54, 1.807) is 35.0 Å². The molecule has 1 heterocycles. The first-order valence-electron chi connectivity index (χ1n) is 13.6. The molecule has 218 valence electrons. The normalized spacial score (nSPS) is 12.0. The van der Waals surface area contributed by atoms with Crippen LogP contribution < -0.4 is 4.74 Å². The number of para-hydroxylation sites is 1. The summed E-state index contributed by atoms with van der Waals surface area (Å²) in [5.41, 5.74) is 4.61. The first-order valence-corrected chi connectivity index (χ1v) is 14.4. The molecule has 9 heteroatoms. The Morgan fingerprint density at radius 3 is 2.38 bits per heavy atom. The van der Waals surface area contributed by atoms with Crippen molar-refractivity contribution >= 4 is 41.2 Å². The summed E-state index contributed by atoms with van der Waals surface area (Å²) in [6.07, 6.45) is 7.17. The summed E-state index contributed by atoms with van der Waals surface area (Å²) in [6.45, 7) is 2.22. The van der Waals surface area contributed by atoms with Crippen LogP contribution in [0.4, 0.5) is 0 Å². The molecule has 0 aliphatic heterocycles. The van der Waals surface area contributed by atoms with Gasteiger partial charge in [-0.2, -0.15) is 5.10 Å². The highest BCUT2D eigenvalue weighted by Crippen LogP contribution is 2.26. The van der Waals surface area contributed by atoms with E-state index in [1.165, 1.54) is 0 Å². The summed E-state index contributed by atoms with van der Waals surface area (Å²) in [6, 6.07) is 21.9. The Balaban J connectivity index is 1.47. The van der Waals surface area contributed by atoms with Gasteiger partial charge in [0.1, 0.15) is 18.1 Å². The van der Waals surface area contributed by atoms with Crippen molar-refractivity contribution in [2.45, 2.75) is 45.6 Å². The predicted octanol–water partition coefficient (Wildman–Crippen LogP) is 8.28. The molecule has 2 N–H and O–H groups in total. The maximum absolute atomic E-state index is 11.2. The van der Waals surface area contributed by atoms with E-state index in [4.69, 9.17) is 33.0 Å². The summed E-state index contributed by atoms with van der Waals surface area (Å²) in [5.74, 6) is -0.916. The molecule has 1 atom stereocenters. The van der Waals surface area contributed by atoms with Crippen molar-refractivity contribution in [2.75, 3.05) is 0 Å². The van der Waals surface area contributed by atoms with Gasteiger partial charge >= 0.3 is 11.9 Å². The third-order valence-electron chi connectivity index (χ3n) is 6.79. The molecule has 4 rings (SSSR count). The van der Waals surface area contributed by atoms with Gasteiger partial charge in [0.05, 0.1) is 11.3 Å². The molecule has 0 spiro atoms. The van der Waals surface area contributed by atoms with Crippen LogP contribution in [0.15, 0.2) is 78.9 Å². The number of aromatic nitrogens is 2. The lowest BCUT2D eigenvalue weighted by Crippen LogP contribution is -2.04. The monoisotopic (exact) mass is 606 g/mol. The Labute approximate surface area is 255 Å². The summed E-state index contributed by atoms with van der Waals surface area (Å²) in [5, 5.41) is 23.9. The molecule has 0 amide bonds. The number of carboxylic acids is 2. The number of carboxylic acid groups (broad SMARTS) is 2. The topological polar surface area (TPSA) is 102 Å². The highest BCUT2D eigenvalue weighted by atomic mass is 35.5. The van der Waals surface area contributed by atoms with Crippen LogP contribution >= 0.6 is 23.2 Å². The number of hydrogen-bond donors (Lipinski definition) is 2. The van der Waals surface area contributed by atoms with Crippen molar-refractivity contribution in [1.82, 2.24) is 9.78 Å². The van der Waals surface area contributed by atoms with Gasteiger partial charge in [-0.3, -0.25) is 4.79 Å². The van der Waals surface area contributed by atoms with Crippen molar-refractivity contribution < 1.29 is 24.5 Å². The Bertz CT molecular complexity index is 1540. The number of aromatic carboxylic acids is 1. The van der Waals surface area contributed by atoms with E-state index in [0.29, 0.717) is 28.6 Å². The molecule has 7 nitrogen and oxygen atoms in total. The van der Waals surface area contributed by atoms with Gasteiger partial charge in [0, 0.05) is 27.7 Å². The quantitative estimate of drug-likeness (QED) is 0.140. The maximum atomic E-state index is 11.2. The first kappa shape index (κ1) is 30.9. The second kappa shape index (κ2) is 14.7. The molecule has 0 radical (unpaired) electrons. The summed E-state index contributed by atoms with van der Waals surface area (Å²) < 4.78 is 7.96. The number of allylic oxidation sites excluding steroid dienone is 1. The standard InChI is InChI=1S/C33H32Cl2N2O5/c1-22-16-29(36-37(22)30-19-27(34)18-28(35)20-30)21-42-31-8-4-3-7-25(31)13-10-23(6-2-5-9-32(38)39)17-24-11-14-26(15-12-24)33(40)41/h3-4,7-8,10-16,18-20,23H,2,5-6,9,17,21H2,1H3,(H,38,39)(H,40,41). The Kier molecular flexibility index (Phi) is 10.8. The smallest absolute Gasteiger partial charge is 0.335 e. The predicted molar refractivity (Wildman–Crippen MR) is 165 cm³/mol. The second-order valence-electron chi connectivity index (χ2n) is 10.1. The zero-order valence-corrected chi connectivity index (χ0v) is 24.7. The average Bonchev–Trinajstić information content (AvgIpc) is 3.33. The fourth-order valence-corrected chi connectivity index (χ4v) is 5.22. The molecule has 3 aromatic carbocycles. The van der Waals surface area contributed by atoms with Gasteiger partial charge in [-0.25, -0.2) is 9.48 Å². The number of rotatable bonds is 14. The highest BCUT2D eigenvalue weighted by molar-refractivity contribution is 6.34. The Morgan fingerprint density at radius 1 is 0.976 bits per heavy atom. The third-order valence-corrected chi connectivity index (χ3v) is 7.22. The minimum absolute atomic E-state index is 0.130. The zero-order valence-electron chi connectivity index (χ0n) is 23.2. The summed E-state index contributed by atoms with van der Waals surface area (Å²) in [4.78, 5) is 22.2. The van der Waals surface area contributed by atoms with Crippen molar-refractivity contribution in [3.63, 3.8) is 0 Å². The fraction of sp³-hybridized carbons (Fsp3) is 0.242. The number of carbonyl (C=O) groups is 2. The average molecular weight is 608 g/mol. The molecule has 1 aromatic heterocycles. The zero-order chi connectivity index (χ0) is 30.1. The van der Waals surface area contributed by atoms with Crippen LogP contribution in [0.1, 0.15) is 58.6 Å². The molecule has 0 bridgehead atoms. The molecule has 42 heavy (non-hydrogen) atoms. The van der Waals surface area contributed by atoms with Crippen molar-refractivity contribution in [2.24, 2.45) is 5.92 Å². The van der Waals surface area contributed by atoms with Gasteiger partial charge in [0.15, 0.2) is 0 Å². The van der Waals surface area contributed by atoms with Gasteiger partial charge in [0.2, 0.25) is 0 Å². The first-order chi connectivity index (χ1) is 20.2. The van der Waals surface area contributed by atoms with E-state index in [9.17, 15) is 14.7 Å². The summed E-state index contributed by atoms with van der Waals surface area (Å²) in [7, 11) is 0. The number of aryl methyl sites for hydroxylation is 1. The SMILES string of the molecule is Cc1cc(COc2ccccc2C=CC(CCCCC(=O)O)Cc2ccc(C(=O)O)cc2)nn1-c1cc(Cl)cc(Cl)c1. The fourth-order valence-electron chi connectivity index (χ4n) is 4.71. The third kappa shape index (κ3) is 8.96. The number of aliphatic carboxylic acids is 1.